The number of nitrogens with two attached hydrogens (primary N) is 1. The van der Waals surface area contributed by atoms with E-state index in [4.69, 9.17) is 28.9 Å². The van der Waals surface area contributed by atoms with Gasteiger partial charge in [-0.1, -0.05) is 23.2 Å². The molecule has 0 aliphatic carbocycles. The maximum atomic E-state index is 5.87. The molecule has 0 saturated carbocycles. The Morgan fingerprint density at radius 2 is 1.73 bits per heavy atom. The smallest absolute Gasteiger partial charge is 0.161 e. The number of hydrogen-bond acceptors (Lipinski definition) is 3. The second kappa shape index (κ2) is 4.04. The summed E-state index contributed by atoms with van der Waals surface area (Å²) in [5, 5.41) is 1.09. The van der Waals surface area contributed by atoms with Gasteiger partial charge in [-0.05, 0) is 24.3 Å². The lowest BCUT2D eigenvalue weighted by Gasteiger charge is -2.02. The SMILES string of the molecule is Nc1ccnc(-c2cc(Cl)cc(Cl)c2)n1. The zero-order valence-electron chi connectivity index (χ0n) is 7.61. The minimum Gasteiger partial charge on any atom is -0.384 e. The van der Waals surface area contributed by atoms with Gasteiger partial charge in [0.2, 0.25) is 0 Å². The zero-order chi connectivity index (χ0) is 10.8. The first kappa shape index (κ1) is 10.2. The molecule has 0 aliphatic rings. The van der Waals surface area contributed by atoms with E-state index in [2.05, 4.69) is 9.97 Å². The largest absolute Gasteiger partial charge is 0.384 e. The molecule has 0 atom stereocenters. The Morgan fingerprint density at radius 3 is 2.33 bits per heavy atom. The number of rotatable bonds is 1. The topological polar surface area (TPSA) is 51.8 Å². The Balaban J connectivity index is 2.54. The standard InChI is InChI=1S/C10H7Cl2N3/c11-7-3-6(4-8(12)5-7)10-14-2-1-9(13)15-10/h1-5H,(H2,13,14,15). The summed E-state index contributed by atoms with van der Waals surface area (Å²) in [5.41, 5.74) is 6.30. The van der Waals surface area contributed by atoms with E-state index in [0.717, 1.165) is 5.56 Å². The number of aromatic nitrogens is 2. The minimum atomic E-state index is 0.413. The van der Waals surface area contributed by atoms with Crippen molar-refractivity contribution in [2.24, 2.45) is 0 Å². The highest BCUT2D eigenvalue weighted by Gasteiger charge is 2.04. The van der Waals surface area contributed by atoms with Crippen LogP contribution in [0.5, 0.6) is 0 Å². The molecule has 0 saturated heterocycles. The van der Waals surface area contributed by atoms with Crippen molar-refractivity contribution in [2.45, 2.75) is 0 Å². The van der Waals surface area contributed by atoms with Crippen molar-refractivity contribution in [2.75, 3.05) is 5.73 Å². The number of anilines is 1. The molecule has 1 aromatic heterocycles. The number of nitrogen functional groups attached to an aromatic ring is 1. The first-order chi connectivity index (χ1) is 7.15. The monoisotopic (exact) mass is 239 g/mol. The van der Waals surface area contributed by atoms with E-state index >= 15 is 0 Å². The molecule has 1 aromatic carbocycles. The van der Waals surface area contributed by atoms with Crippen molar-refractivity contribution in [1.82, 2.24) is 9.97 Å². The number of benzene rings is 1. The van der Waals surface area contributed by atoms with E-state index in [1.165, 1.54) is 0 Å². The molecule has 2 rings (SSSR count). The van der Waals surface area contributed by atoms with Crippen LogP contribution in [0, 0.1) is 0 Å². The molecule has 0 spiro atoms. The summed E-state index contributed by atoms with van der Waals surface area (Å²) in [6, 6.07) is 6.75. The molecule has 0 radical (unpaired) electrons. The van der Waals surface area contributed by atoms with Crippen molar-refractivity contribution in [1.29, 1.82) is 0 Å². The summed E-state index contributed by atoms with van der Waals surface area (Å²) in [6.45, 7) is 0. The summed E-state index contributed by atoms with van der Waals surface area (Å²) < 4.78 is 0. The van der Waals surface area contributed by atoms with Gasteiger partial charge in [0, 0.05) is 21.8 Å². The van der Waals surface area contributed by atoms with E-state index in [1.807, 2.05) is 0 Å². The third-order valence-corrected chi connectivity index (χ3v) is 2.23. The van der Waals surface area contributed by atoms with Crippen molar-refractivity contribution in [3.8, 4) is 11.4 Å². The fourth-order valence-electron chi connectivity index (χ4n) is 1.19. The molecule has 5 heteroatoms. The first-order valence-corrected chi connectivity index (χ1v) is 4.96. The summed E-state index contributed by atoms with van der Waals surface area (Å²) >= 11 is 11.7. The van der Waals surface area contributed by atoms with Gasteiger partial charge in [0.15, 0.2) is 5.82 Å². The van der Waals surface area contributed by atoms with Gasteiger partial charge in [-0.15, -0.1) is 0 Å². The van der Waals surface area contributed by atoms with Crippen LogP contribution in [0.2, 0.25) is 10.0 Å². The molecular formula is C10H7Cl2N3. The van der Waals surface area contributed by atoms with Crippen LogP contribution < -0.4 is 5.73 Å². The minimum absolute atomic E-state index is 0.413. The van der Waals surface area contributed by atoms with Crippen molar-refractivity contribution >= 4 is 29.0 Å². The number of halogens is 2. The Kier molecular flexibility index (Phi) is 2.75. The number of nitrogens with zero attached hydrogens (tertiary/aromatic N) is 2. The molecule has 2 aromatic rings. The van der Waals surface area contributed by atoms with E-state index < -0.39 is 0 Å². The van der Waals surface area contributed by atoms with E-state index in [0.29, 0.717) is 21.7 Å². The van der Waals surface area contributed by atoms with Crippen LogP contribution in [0.15, 0.2) is 30.5 Å². The maximum absolute atomic E-state index is 5.87. The molecule has 0 fully saturated rings. The maximum Gasteiger partial charge on any atom is 0.161 e. The van der Waals surface area contributed by atoms with Gasteiger partial charge in [0.05, 0.1) is 0 Å². The van der Waals surface area contributed by atoms with E-state index in [1.54, 1.807) is 30.5 Å². The Labute approximate surface area is 96.9 Å². The van der Waals surface area contributed by atoms with Crippen LogP contribution in [-0.4, -0.2) is 9.97 Å². The molecule has 76 valence electrons. The van der Waals surface area contributed by atoms with Crippen molar-refractivity contribution in [3.63, 3.8) is 0 Å². The van der Waals surface area contributed by atoms with Crippen LogP contribution in [-0.2, 0) is 0 Å². The molecular weight excluding hydrogens is 233 g/mol. The van der Waals surface area contributed by atoms with Crippen molar-refractivity contribution < 1.29 is 0 Å². The molecule has 15 heavy (non-hydrogen) atoms. The average Bonchev–Trinajstić information content (AvgIpc) is 2.16. The van der Waals surface area contributed by atoms with Crippen molar-refractivity contribution in [3.05, 3.63) is 40.5 Å². The molecule has 0 aliphatic heterocycles. The summed E-state index contributed by atoms with van der Waals surface area (Å²) in [6.07, 6.45) is 1.59. The Morgan fingerprint density at radius 1 is 1.07 bits per heavy atom. The van der Waals surface area contributed by atoms with Crippen LogP contribution in [0.1, 0.15) is 0 Å². The van der Waals surface area contributed by atoms with Crippen LogP contribution in [0.4, 0.5) is 5.82 Å². The molecule has 0 unspecified atom stereocenters. The third kappa shape index (κ3) is 2.37. The molecule has 0 amide bonds. The Hall–Kier alpha value is -1.32. The van der Waals surface area contributed by atoms with Crippen LogP contribution in [0.3, 0.4) is 0 Å². The normalized spacial score (nSPS) is 10.3. The highest BCUT2D eigenvalue weighted by atomic mass is 35.5. The van der Waals surface area contributed by atoms with E-state index in [-0.39, 0.29) is 0 Å². The van der Waals surface area contributed by atoms with Crippen LogP contribution >= 0.6 is 23.2 Å². The lowest BCUT2D eigenvalue weighted by molar-refractivity contribution is 1.18. The highest BCUT2D eigenvalue weighted by molar-refractivity contribution is 6.35. The van der Waals surface area contributed by atoms with Gasteiger partial charge in [0.25, 0.3) is 0 Å². The molecule has 0 bridgehead atoms. The molecule has 1 heterocycles. The van der Waals surface area contributed by atoms with Crippen LogP contribution in [0.25, 0.3) is 11.4 Å². The quantitative estimate of drug-likeness (QED) is 0.833. The highest BCUT2D eigenvalue weighted by Crippen LogP contribution is 2.24. The second-order valence-electron chi connectivity index (χ2n) is 2.96. The average molecular weight is 240 g/mol. The summed E-state index contributed by atoms with van der Waals surface area (Å²) in [4.78, 5) is 8.16. The lowest BCUT2D eigenvalue weighted by atomic mass is 10.2. The summed E-state index contributed by atoms with van der Waals surface area (Å²) in [5.74, 6) is 0.926. The van der Waals surface area contributed by atoms with Gasteiger partial charge >= 0.3 is 0 Å². The molecule has 3 nitrogen and oxygen atoms in total. The first-order valence-electron chi connectivity index (χ1n) is 4.20. The van der Waals surface area contributed by atoms with Gasteiger partial charge in [-0.2, -0.15) is 0 Å². The lowest BCUT2D eigenvalue weighted by Crippen LogP contribution is -1.94. The molecule has 2 N–H and O–H groups in total. The predicted molar refractivity (Wildman–Crippen MR) is 61.9 cm³/mol. The van der Waals surface area contributed by atoms with Gasteiger partial charge in [-0.25, -0.2) is 9.97 Å². The van der Waals surface area contributed by atoms with Gasteiger partial charge < -0.3 is 5.73 Å². The number of hydrogen-bond donors (Lipinski definition) is 1. The third-order valence-electron chi connectivity index (χ3n) is 1.80. The zero-order valence-corrected chi connectivity index (χ0v) is 9.13. The second-order valence-corrected chi connectivity index (χ2v) is 3.84. The summed E-state index contributed by atoms with van der Waals surface area (Å²) in [7, 11) is 0. The van der Waals surface area contributed by atoms with Gasteiger partial charge in [0.1, 0.15) is 5.82 Å². The van der Waals surface area contributed by atoms with Gasteiger partial charge in [-0.3, -0.25) is 0 Å². The fraction of sp³-hybridized carbons (Fsp3) is 0. The predicted octanol–water partition coefficient (Wildman–Crippen LogP) is 3.03. The fourth-order valence-corrected chi connectivity index (χ4v) is 1.72. The van der Waals surface area contributed by atoms with E-state index in [9.17, 15) is 0 Å². The Bertz CT molecular complexity index is 480.